The highest BCUT2D eigenvalue weighted by Crippen LogP contribution is 2.39. The fraction of sp³-hybridized carbons (Fsp3) is 0.250. The fourth-order valence-electron chi connectivity index (χ4n) is 5.90. The molecule has 1 fully saturated rings. The quantitative estimate of drug-likeness (QED) is 0.184. The largest absolute Gasteiger partial charge is 0.493 e. The van der Waals surface area contributed by atoms with Crippen molar-refractivity contribution in [1.82, 2.24) is 9.47 Å². The number of hydrogen-bond acceptors (Lipinski definition) is 3. The molecule has 2 heterocycles. The van der Waals surface area contributed by atoms with E-state index >= 15 is 0 Å². The molecule has 1 aliphatic rings. The molecule has 1 aliphatic heterocycles. The average Bonchev–Trinajstić information content (AvgIpc) is 3.69. The Bertz CT molecular complexity index is 1600. The Morgan fingerprint density at radius 1 is 0.805 bits per heavy atom. The smallest absolute Gasteiger partial charge is 0.223 e. The van der Waals surface area contributed by atoms with Gasteiger partial charge in [0.1, 0.15) is 6.61 Å². The zero-order valence-electron chi connectivity index (χ0n) is 23.5. The molecule has 4 aromatic carbocycles. The first-order valence-electron chi connectivity index (χ1n) is 14.4. The van der Waals surface area contributed by atoms with Gasteiger partial charge in [-0.2, -0.15) is 0 Å². The van der Waals surface area contributed by atoms with Gasteiger partial charge in [-0.15, -0.1) is 0 Å². The molecule has 0 aliphatic carbocycles. The lowest BCUT2D eigenvalue weighted by Crippen LogP contribution is -2.29. The van der Waals surface area contributed by atoms with Crippen LogP contribution in [-0.4, -0.2) is 35.6 Å². The Hall–Kier alpha value is -4.51. The van der Waals surface area contributed by atoms with Crippen LogP contribution in [-0.2, 0) is 17.9 Å². The second kappa shape index (κ2) is 12.3. The van der Waals surface area contributed by atoms with Crippen molar-refractivity contribution in [1.29, 1.82) is 0 Å². The average molecular weight is 545 g/mol. The maximum Gasteiger partial charge on any atom is 0.223 e. The summed E-state index contributed by atoms with van der Waals surface area (Å²) in [5, 5.41) is 1.17. The van der Waals surface area contributed by atoms with E-state index in [4.69, 9.17) is 9.47 Å². The minimum Gasteiger partial charge on any atom is -0.493 e. The van der Waals surface area contributed by atoms with Crippen molar-refractivity contribution in [3.63, 3.8) is 0 Å². The van der Waals surface area contributed by atoms with E-state index in [9.17, 15) is 4.79 Å². The summed E-state index contributed by atoms with van der Waals surface area (Å²) < 4.78 is 14.3. The number of para-hydroxylation sites is 1. The number of aromatic nitrogens is 1. The number of methoxy groups -OCH3 is 1. The molecule has 208 valence electrons. The van der Waals surface area contributed by atoms with Crippen LogP contribution in [0.4, 0.5) is 0 Å². The summed E-state index contributed by atoms with van der Waals surface area (Å²) in [6.07, 6.45) is 4.80. The van der Waals surface area contributed by atoms with Gasteiger partial charge >= 0.3 is 0 Å². The van der Waals surface area contributed by atoms with Crippen LogP contribution in [0.5, 0.6) is 11.5 Å². The molecule has 1 aromatic heterocycles. The van der Waals surface area contributed by atoms with Crippen molar-refractivity contribution in [2.45, 2.75) is 38.3 Å². The topological polar surface area (TPSA) is 43.7 Å². The lowest BCUT2D eigenvalue weighted by atomic mass is 9.87. The van der Waals surface area contributed by atoms with Gasteiger partial charge in [0.25, 0.3) is 0 Å². The highest BCUT2D eigenvalue weighted by Gasteiger charge is 2.27. The maximum atomic E-state index is 13.6. The van der Waals surface area contributed by atoms with Crippen molar-refractivity contribution in [2.24, 2.45) is 0 Å². The van der Waals surface area contributed by atoms with Crippen LogP contribution in [0, 0.1) is 0 Å². The molecule has 6 rings (SSSR count). The number of rotatable bonds is 10. The summed E-state index contributed by atoms with van der Waals surface area (Å²) in [6, 6.07) is 35.3. The maximum absolute atomic E-state index is 13.6. The fourth-order valence-corrected chi connectivity index (χ4v) is 5.90. The van der Waals surface area contributed by atoms with Crippen molar-refractivity contribution in [2.75, 3.05) is 20.2 Å². The molecule has 1 saturated heterocycles. The Labute approximate surface area is 241 Å². The third kappa shape index (κ3) is 5.99. The standard InChI is InChI=1S/C36H36N2O3/c1-40-34-19-18-29(22-35(34)41-26-28-14-6-3-7-15-28)31(23-36(39)37-20-10-11-21-37)32-25-38(24-27-12-4-2-5-13-27)33-17-9-8-16-30(32)33/h2-9,12-19,22,25,31H,10-11,20-21,23-24,26H2,1H3/t31-/m1/s1. The van der Waals surface area contributed by atoms with Crippen LogP contribution >= 0.6 is 0 Å². The zero-order chi connectivity index (χ0) is 28.0. The van der Waals surface area contributed by atoms with E-state index in [1.165, 1.54) is 16.5 Å². The number of carbonyl (C=O) groups excluding carboxylic acids is 1. The van der Waals surface area contributed by atoms with E-state index in [1.54, 1.807) is 7.11 Å². The van der Waals surface area contributed by atoms with Crippen molar-refractivity contribution in [3.8, 4) is 11.5 Å². The third-order valence-corrected chi connectivity index (χ3v) is 8.06. The summed E-state index contributed by atoms with van der Waals surface area (Å²) in [6.45, 7) is 2.89. The molecule has 41 heavy (non-hydrogen) atoms. The number of ether oxygens (including phenoxy) is 2. The van der Waals surface area contributed by atoms with Crippen molar-refractivity contribution < 1.29 is 14.3 Å². The summed E-state index contributed by atoms with van der Waals surface area (Å²) in [4.78, 5) is 15.6. The van der Waals surface area contributed by atoms with Crippen molar-refractivity contribution >= 4 is 16.8 Å². The molecule has 0 spiro atoms. The second-order valence-electron chi connectivity index (χ2n) is 10.7. The van der Waals surface area contributed by atoms with Crippen molar-refractivity contribution in [3.05, 3.63) is 132 Å². The lowest BCUT2D eigenvalue weighted by molar-refractivity contribution is -0.130. The third-order valence-electron chi connectivity index (χ3n) is 8.06. The van der Waals surface area contributed by atoms with E-state index in [0.29, 0.717) is 24.5 Å². The minimum atomic E-state index is -0.130. The molecule has 0 bridgehead atoms. The van der Waals surface area contributed by atoms with Gasteiger partial charge in [-0.1, -0.05) is 84.9 Å². The molecule has 1 amide bonds. The summed E-state index contributed by atoms with van der Waals surface area (Å²) in [5.74, 6) is 1.44. The molecular formula is C36H36N2O3. The first-order valence-corrected chi connectivity index (χ1v) is 14.4. The van der Waals surface area contributed by atoms with Gasteiger partial charge in [0.15, 0.2) is 11.5 Å². The highest BCUT2D eigenvalue weighted by molar-refractivity contribution is 5.87. The number of fused-ring (bicyclic) bond motifs is 1. The van der Waals surface area contributed by atoms with Gasteiger partial charge in [0.2, 0.25) is 5.91 Å². The minimum absolute atomic E-state index is 0.130. The SMILES string of the molecule is COc1ccc([C@@H](CC(=O)N2CCCC2)c2cn(Cc3ccccc3)c3ccccc23)cc1OCc1ccccc1. The van der Waals surface area contributed by atoms with E-state index in [1.807, 2.05) is 35.2 Å². The summed E-state index contributed by atoms with van der Waals surface area (Å²) in [5.41, 5.74) is 5.70. The van der Waals surface area contributed by atoms with Crippen LogP contribution in [0.3, 0.4) is 0 Å². The number of benzene rings is 4. The zero-order valence-corrected chi connectivity index (χ0v) is 23.5. The van der Waals surface area contributed by atoms with E-state index in [0.717, 1.165) is 49.2 Å². The van der Waals surface area contributed by atoms with Gasteiger partial charge in [0, 0.05) is 49.1 Å². The van der Waals surface area contributed by atoms with Crippen LogP contribution in [0.25, 0.3) is 10.9 Å². The van der Waals surface area contributed by atoms with Gasteiger partial charge in [0.05, 0.1) is 7.11 Å². The highest BCUT2D eigenvalue weighted by atomic mass is 16.5. The molecule has 5 nitrogen and oxygen atoms in total. The van der Waals surface area contributed by atoms with Crippen LogP contribution < -0.4 is 9.47 Å². The Morgan fingerprint density at radius 3 is 2.22 bits per heavy atom. The number of nitrogens with zero attached hydrogens (tertiary/aromatic N) is 2. The van der Waals surface area contributed by atoms with E-state index in [2.05, 4.69) is 83.6 Å². The number of amides is 1. The molecule has 0 radical (unpaired) electrons. The van der Waals surface area contributed by atoms with Crippen LogP contribution in [0.1, 0.15) is 47.4 Å². The lowest BCUT2D eigenvalue weighted by Gasteiger charge is -2.22. The molecule has 1 atom stereocenters. The first kappa shape index (κ1) is 26.7. The molecular weight excluding hydrogens is 508 g/mol. The van der Waals surface area contributed by atoms with Gasteiger partial charge in [-0.3, -0.25) is 4.79 Å². The predicted octanol–water partition coefficient (Wildman–Crippen LogP) is 7.42. The normalized spacial score (nSPS) is 13.8. The Kier molecular flexibility index (Phi) is 8.04. The first-order chi connectivity index (χ1) is 20.2. The van der Waals surface area contributed by atoms with Crippen LogP contribution in [0.15, 0.2) is 109 Å². The molecule has 0 N–H and O–H groups in total. The van der Waals surface area contributed by atoms with Crippen LogP contribution in [0.2, 0.25) is 0 Å². The molecule has 5 aromatic rings. The Balaban J connectivity index is 1.40. The number of likely N-dealkylation sites (tertiary alicyclic amines) is 1. The van der Waals surface area contributed by atoms with E-state index in [-0.39, 0.29) is 11.8 Å². The Morgan fingerprint density at radius 2 is 1.49 bits per heavy atom. The van der Waals surface area contributed by atoms with Gasteiger partial charge in [-0.25, -0.2) is 0 Å². The number of hydrogen-bond donors (Lipinski definition) is 0. The second-order valence-corrected chi connectivity index (χ2v) is 10.7. The predicted molar refractivity (Wildman–Crippen MR) is 164 cm³/mol. The summed E-state index contributed by atoms with van der Waals surface area (Å²) >= 11 is 0. The molecule has 0 unspecified atom stereocenters. The molecule has 5 heteroatoms. The number of carbonyl (C=O) groups is 1. The summed E-state index contributed by atoms with van der Waals surface area (Å²) in [7, 11) is 1.66. The van der Waals surface area contributed by atoms with Gasteiger partial charge in [-0.05, 0) is 53.3 Å². The monoisotopic (exact) mass is 544 g/mol. The van der Waals surface area contributed by atoms with E-state index < -0.39 is 0 Å². The van der Waals surface area contributed by atoms with Gasteiger partial charge < -0.3 is 18.9 Å². The molecule has 0 saturated carbocycles.